The van der Waals surface area contributed by atoms with Crippen LogP contribution in [0.5, 0.6) is 0 Å². The topological polar surface area (TPSA) is 61.4 Å². The molecule has 0 radical (unpaired) electrons. The fraction of sp³-hybridized carbons (Fsp3) is 0.423. The van der Waals surface area contributed by atoms with Crippen molar-refractivity contribution in [2.45, 2.75) is 45.6 Å². The second kappa shape index (κ2) is 9.11. The number of nitrogens with one attached hydrogen (secondary N) is 1. The van der Waals surface area contributed by atoms with E-state index in [2.05, 4.69) is 15.5 Å². The van der Waals surface area contributed by atoms with Crippen molar-refractivity contribution in [1.29, 1.82) is 0 Å². The van der Waals surface area contributed by atoms with Crippen molar-refractivity contribution in [1.82, 2.24) is 15.1 Å². The highest BCUT2D eigenvalue weighted by Crippen LogP contribution is 2.45. The number of alkyl halides is 2. The van der Waals surface area contributed by atoms with E-state index in [0.717, 1.165) is 28.1 Å². The van der Waals surface area contributed by atoms with Crippen LogP contribution in [-0.4, -0.2) is 48.2 Å². The highest BCUT2D eigenvalue weighted by Gasteiger charge is 2.44. The Morgan fingerprint density at radius 3 is 2.46 bits per heavy atom. The molecule has 0 fully saturated rings. The van der Waals surface area contributed by atoms with E-state index >= 15 is 0 Å². The molecule has 1 aromatic heterocycles. The maximum Gasteiger partial charge on any atom is 0.266 e. The summed E-state index contributed by atoms with van der Waals surface area (Å²) in [7, 11) is 3.91. The van der Waals surface area contributed by atoms with Gasteiger partial charge in [0.15, 0.2) is 5.82 Å². The van der Waals surface area contributed by atoms with Gasteiger partial charge in [0.25, 0.3) is 6.43 Å². The van der Waals surface area contributed by atoms with Gasteiger partial charge < -0.3 is 15.1 Å². The van der Waals surface area contributed by atoms with Gasteiger partial charge in [0, 0.05) is 35.1 Å². The number of aryl methyl sites for hydroxylation is 1. The third-order valence-corrected chi connectivity index (χ3v) is 6.71. The van der Waals surface area contributed by atoms with Crippen molar-refractivity contribution in [3.63, 3.8) is 0 Å². The van der Waals surface area contributed by atoms with Gasteiger partial charge in [-0.25, -0.2) is 13.2 Å². The lowest BCUT2D eigenvalue weighted by Crippen LogP contribution is -2.39. The molecular weight excluding hydrogens is 455 g/mol. The van der Waals surface area contributed by atoms with Gasteiger partial charge in [0.1, 0.15) is 5.82 Å². The Morgan fingerprint density at radius 2 is 1.80 bits per heavy atom. The number of benzene rings is 2. The van der Waals surface area contributed by atoms with Crippen LogP contribution in [0.25, 0.3) is 10.8 Å². The number of carbonyl (C=O) groups is 1. The number of hydrogen-bond acceptors (Lipinski definition) is 5. The maximum atomic E-state index is 14.8. The number of carbonyl (C=O) groups excluding carboxylic acids is 1. The van der Waals surface area contributed by atoms with Gasteiger partial charge in [-0.05, 0) is 59.5 Å². The van der Waals surface area contributed by atoms with Crippen molar-refractivity contribution >= 4 is 28.2 Å². The van der Waals surface area contributed by atoms with E-state index in [1.54, 1.807) is 11.8 Å². The molecule has 1 atom stereocenters. The molecule has 0 spiro atoms. The zero-order valence-electron chi connectivity index (χ0n) is 20.8. The lowest BCUT2D eigenvalue weighted by Gasteiger charge is -2.22. The van der Waals surface area contributed by atoms with Crippen molar-refractivity contribution in [3.05, 3.63) is 58.5 Å². The first-order valence-corrected chi connectivity index (χ1v) is 11.5. The molecular formula is C26H30F3N5O. The highest BCUT2D eigenvalue weighted by atomic mass is 19.3. The fourth-order valence-electron chi connectivity index (χ4n) is 4.59. The Hall–Kier alpha value is -3.20. The minimum absolute atomic E-state index is 0.0250. The second-order valence-corrected chi connectivity index (χ2v) is 9.85. The molecule has 2 heterocycles. The Bertz CT molecular complexity index is 1290. The minimum atomic E-state index is -2.90. The molecule has 2 aromatic carbocycles. The van der Waals surface area contributed by atoms with Crippen LogP contribution in [0.2, 0.25) is 0 Å². The summed E-state index contributed by atoms with van der Waals surface area (Å²) in [4.78, 5) is 17.1. The highest BCUT2D eigenvalue weighted by molar-refractivity contribution is 6.11. The van der Waals surface area contributed by atoms with Crippen molar-refractivity contribution in [3.8, 4) is 0 Å². The molecule has 1 amide bonds. The normalized spacial score (nSPS) is 15.9. The number of amides is 1. The summed E-state index contributed by atoms with van der Waals surface area (Å²) in [6, 6.07) is 7.24. The van der Waals surface area contributed by atoms with E-state index in [0.29, 0.717) is 24.6 Å². The zero-order chi connectivity index (χ0) is 25.7. The van der Waals surface area contributed by atoms with Crippen LogP contribution >= 0.6 is 0 Å². The number of likely N-dealkylation sites (N-methyl/N-ethyl adjacent to an activating group) is 1. The third-order valence-electron chi connectivity index (χ3n) is 6.71. The Labute approximate surface area is 203 Å². The lowest BCUT2D eigenvalue weighted by molar-refractivity contribution is -0.122. The number of aromatic nitrogens is 2. The zero-order valence-corrected chi connectivity index (χ0v) is 20.8. The van der Waals surface area contributed by atoms with Crippen LogP contribution in [0.3, 0.4) is 0 Å². The Balaban J connectivity index is 1.80. The van der Waals surface area contributed by atoms with Crippen molar-refractivity contribution < 1.29 is 18.0 Å². The third kappa shape index (κ3) is 4.33. The van der Waals surface area contributed by atoms with Gasteiger partial charge >= 0.3 is 0 Å². The number of halogens is 3. The number of nitrogens with zero attached hydrogens (tertiary/aromatic N) is 4. The smallest absolute Gasteiger partial charge is 0.266 e. The summed E-state index contributed by atoms with van der Waals surface area (Å²) in [5.74, 6) is -0.514. The minimum Gasteiger partial charge on any atom is -0.361 e. The van der Waals surface area contributed by atoms with Crippen molar-refractivity contribution in [2.24, 2.45) is 0 Å². The summed E-state index contributed by atoms with van der Waals surface area (Å²) in [6.07, 6.45) is -2.90. The van der Waals surface area contributed by atoms with Crippen LogP contribution in [-0.2, 0) is 10.2 Å². The van der Waals surface area contributed by atoms with E-state index in [1.165, 1.54) is 12.1 Å². The van der Waals surface area contributed by atoms with Crippen LogP contribution < -0.4 is 10.2 Å². The first kappa shape index (κ1) is 24.9. The molecule has 35 heavy (non-hydrogen) atoms. The first-order valence-electron chi connectivity index (χ1n) is 11.5. The molecule has 1 aliphatic heterocycles. The standard InChI is InChI=1S/C26H30F3N5O/c1-14(16-8-7-9-17(22(16)27)23(28)29)30-24-19-13-21-20(12-18(19)15(2)31-32-24)26(3,4)25(35)34(21)11-10-33(5)6/h7-9,12-14,23H,10-11H2,1-6H3,(H,30,32)/t14-/m1/s1. The maximum absolute atomic E-state index is 14.8. The average molecular weight is 486 g/mol. The molecule has 1 aliphatic rings. The Morgan fingerprint density at radius 1 is 1.11 bits per heavy atom. The SMILES string of the molecule is Cc1nnc(N[C@H](C)c2cccc(C(F)F)c2F)c2cc3c(cc12)C(C)(C)C(=O)N3CCN(C)C. The molecule has 0 unspecified atom stereocenters. The van der Waals surface area contributed by atoms with Gasteiger partial charge in [0.05, 0.1) is 22.7 Å². The first-order chi connectivity index (χ1) is 16.4. The molecule has 0 saturated carbocycles. The number of anilines is 2. The second-order valence-electron chi connectivity index (χ2n) is 9.85. The molecule has 1 N–H and O–H groups in total. The van der Waals surface area contributed by atoms with Gasteiger partial charge in [-0.1, -0.05) is 18.2 Å². The van der Waals surface area contributed by atoms with E-state index in [4.69, 9.17) is 0 Å². The van der Waals surface area contributed by atoms with Crippen LogP contribution in [0, 0.1) is 12.7 Å². The summed E-state index contributed by atoms with van der Waals surface area (Å²) in [5.41, 5.74) is 1.21. The summed E-state index contributed by atoms with van der Waals surface area (Å²) < 4.78 is 41.2. The molecule has 0 bridgehead atoms. The van der Waals surface area contributed by atoms with E-state index < -0.39 is 29.3 Å². The predicted molar refractivity (Wildman–Crippen MR) is 132 cm³/mol. The summed E-state index contributed by atoms with van der Waals surface area (Å²) >= 11 is 0. The monoisotopic (exact) mass is 485 g/mol. The Kier molecular flexibility index (Phi) is 6.48. The fourth-order valence-corrected chi connectivity index (χ4v) is 4.59. The van der Waals surface area contributed by atoms with Crippen LogP contribution in [0.15, 0.2) is 30.3 Å². The molecule has 6 nitrogen and oxygen atoms in total. The quantitative estimate of drug-likeness (QED) is 0.487. The summed E-state index contributed by atoms with van der Waals surface area (Å²) in [6.45, 7) is 8.60. The van der Waals surface area contributed by atoms with E-state index in [9.17, 15) is 18.0 Å². The molecule has 0 aliphatic carbocycles. The van der Waals surface area contributed by atoms with Gasteiger partial charge in [-0.2, -0.15) is 5.10 Å². The van der Waals surface area contributed by atoms with E-state index in [1.807, 2.05) is 51.9 Å². The molecule has 9 heteroatoms. The van der Waals surface area contributed by atoms with E-state index in [-0.39, 0.29) is 11.5 Å². The lowest BCUT2D eigenvalue weighted by atomic mass is 9.85. The van der Waals surface area contributed by atoms with Crippen molar-refractivity contribution in [2.75, 3.05) is 37.4 Å². The number of fused-ring (bicyclic) bond motifs is 2. The number of hydrogen-bond donors (Lipinski definition) is 1. The van der Waals surface area contributed by atoms with Gasteiger partial charge in [0.2, 0.25) is 5.91 Å². The van der Waals surface area contributed by atoms with Gasteiger partial charge in [-0.3, -0.25) is 4.79 Å². The van der Waals surface area contributed by atoms with Gasteiger partial charge in [-0.15, -0.1) is 5.10 Å². The number of rotatable bonds is 7. The molecule has 3 aromatic rings. The molecule has 186 valence electrons. The largest absolute Gasteiger partial charge is 0.361 e. The summed E-state index contributed by atoms with van der Waals surface area (Å²) in [5, 5.41) is 13.3. The average Bonchev–Trinajstić information content (AvgIpc) is 2.98. The molecule has 4 rings (SSSR count). The van der Waals surface area contributed by atoms with Crippen LogP contribution in [0.4, 0.5) is 24.7 Å². The predicted octanol–water partition coefficient (Wildman–Crippen LogP) is 5.37. The molecule has 0 saturated heterocycles. The van der Waals surface area contributed by atoms with Crippen LogP contribution in [0.1, 0.15) is 55.6 Å².